The molecular formula is C19H21F3N2O4. The summed E-state index contributed by atoms with van der Waals surface area (Å²) in [5, 5.41) is 22.5. The highest BCUT2D eigenvalue weighted by Crippen LogP contribution is 2.36. The maximum atomic E-state index is 13.1. The first kappa shape index (κ1) is 21.5. The number of rotatable bonds is 7. The number of carbonyl (C=O) groups excluding carboxylic acids is 1. The zero-order valence-corrected chi connectivity index (χ0v) is 14.8. The van der Waals surface area contributed by atoms with Crippen molar-refractivity contribution in [3.05, 3.63) is 65.2 Å². The molecule has 9 heteroatoms. The van der Waals surface area contributed by atoms with Crippen LogP contribution >= 0.6 is 0 Å². The predicted octanol–water partition coefficient (Wildman–Crippen LogP) is 3.00. The van der Waals surface area contributed by atoms with Crippen LogP contribution in [0.2, 0.25) is 0 Å². The topological polar surface area (TPSA) is 105 Å². The Morgan fingerprint density at radius 1 is 1.14 bits per heavy atom. The Morgan fingerprint density at radius 2 is 1.82 bits per heavy atom. The summed E-state index contributed by atoms with van der Waals surface area (Å²) in [6.45, 7) is -0.0500. The summed E-state index contributed by atoms with van der Waals surface area (Å²) in [5.74, 6) is 0. The molecule has 5 N–H and O–H groups in total. The highest BCUT2D eigenvalue weighted by atomic mass is 19.4. The van der Waals surface area contributed by atoms with E-state index in [1.165, 1.54) is 0 Å². The van der Waals surface area contributed by atoms with E-state index in [0.29, 0.717) is 0 Å². The summed E-state index contributed by atoms with van der Waals surface area (Å²) >= 11 is 0. The van der Waals surface area contributed by atoms with Gasteiger partial charge in [-0.2, -0.15) is 13.2 Å². The Kier molecular flexibility index (Phi) is 7.24. The number of hydrogen-bond donors (Lipinski definition) is 4. The number of alkyl carbamates (subject to hydrolysis) is 1. The molecule has 0 aromatic heterocycles. The quantitative estimate of drug-likeness (QED) is 0.537. The van der Waals surface area contributed by atoms with E-state index in [2.05, 4.69) is 5.32 Å². The lowest BCUT2D eigenvalue weighted by molar-refractivity contribution is -0.139. The number of aliphatic hydroxyl groups is 2. The maximum absolute atomic E-state index is 13.1. The van der Waals surface area contributed by atoms with Crippen LogP contribution < -0.4 is 11.1 Å². The molecule has 6 nitrogen and oxygen atoms in total. The van der Waals surface area contributed by atoms with E-state index in [1.807, 2.05) is 6.07 Å². The van der Waals surface area contributed by atoms with Gasteiger partial charge in [0.2, 0.25) is 0 Å². The minimum atomic E-state index is -4.71. The molecule has 0 radical (unpaired) electrons. The molecule has 2 atom stereocenters. The number of anilines is 1. The van der Waals surface area contributed by atoms with Gasteiger partial charge in [0.05, 0.1) is 11.7 Å². The summed E-state index contributed by atoms with van der Waals surface area (Å²) in [4.78, 5) is 11.6. The number of aliphatic hydroxyl groups excluding tert-OH is 2. The summed E-state index contributed by atoms with van der Waals surface area (Å²) in [7, 11) is 0. The van der Waals surface area contributed by atoms with Crippen molar-refractivity contribution < 1.29 is 32.9 Å². The fourth-order valence-corrected chi connectivity index (χ4v) is 2.55. The Labute approximate surface area is 159 Å². The lowest BCUT2D eigenvalue weighted by Crippen LogP contribution is -2.30. The lowest BCUT2D eigenvalue weighted by atomic mass is 9.96. The van der Waals surface area contributed by atoms with Crippen LogP contribution in [0.1, 0.15) is 29.2 Å². The van der Waals surface area contributed by atoms with E-state index in [0.717, 1.165) is 23.8 Å². The Morgan fingerprint density at radius 3 is 2.46 bits per heavy atom. The van der Waals surface area contributed by atoms with E-state index in [1.54, 1.807) is 24.3 Å². The molecular weight excluding hydrogens is 377 g/mol. The number of halogens is 3. The zero-order valence-electron chi connectivity index (χ0n) is 14.8. The molecule has 0 fully saturated rings. The number of nitrogens with one attached hydrogen (secondary N) is 1. The SMILES string of the molecule is Nc1ccc(C(F)(F)F)c(C(O)C(O)CCNC(=O)OCc2ccccc2)c1. The van der Waals surface area contributed by atoms with Gasteiger partial charge in [0, 0.05) is 12.2 Å². The van der Waals surface area contributed by atoms with Crippen LogP contribution in [0.25, 0.3) is 0 Å². The second-order valence-corrected chi connectivity index (χ2v) is 6.13. The molecule has 2 rings (SSSR count). The van der Waals surface area contributed by atoms with Gasteiger partial charge in [-0.25, -0.2) is 4.79 Å². The molecule has 2 unspecified atom stereocenters. The summed E-state index contributed by atoms with van der Waals surface area (Å²) in [6.07, 6.45) is -9.00. The van der Waals surface area contributed by atoms with E-state index in [-0.39, 0.29) is 25.3 Å². The number of carbonyl (C=O) groups is 1. The number of nitrogen functional groups attached to an aromatic ring is 1. The third-order valence-corrected chi connectivity index (χ3v) is 3.99. The Bertz CT molecular complexity index is 784. The molecule has 0 saturated carbocycles. The van der Waals surface area contributed by atoms with Crippen LogP contribution in [-0.4, -0.2) is 29.0 Å². The van der Waals surface area contributed by atoms with Crippen molar-refractivity contribution in [3.63, 3.8) is 0 Å². The summed E-state index contributed by atoms with van der Waals surface area (Å²) < 4.78 is 44.2. The van der Waals surface area contributed by atoms with E-state index in [9.17, 15) is 28.2 Å². The molecule has 0 aliphatic rings. The first-order valence-corrected chi connectivity index (χ1v) is 8.46. The standard InChI is InChI=1S/C19H21F3N2O4/c20-19(21,22)15-7-6-13(23)10-14(15)17(26)16(25)8-9-24-18(27)28-11-12-4-2-1-3-5-12/h1-7,10,16-17,25-26H,8-9,11,23H2,(H,24,27). The summed E-state index contributed by atoms with van der Waals surface area (Å²) in [6, 6.07) is 11.7. The monoisotopic (exact) mass is 398 g/mol. The molecule has 0 saturated heterocycles. The second kappa shape index (κ2) is 9.43. The average Bonchev–Trinajstić information content (AvgIpc) is 2.65. The average molecular weight is 398 g/mol. The van der Waals surface area contributed by atoms with Gasteiger partial charge in [-0.05, 0) is 35.7 Å². The smallest absolute Gasteiger partial charge is 0.416 e. The Balaban J connectivity index is 1.87. The minimum absolute atomic E-state index is 0.0249. The molecule has 0 aliphatic carbocycles. The van der Waals surface area contributed by atoms with Gasteiger partial charge >= 0.3 is 12.3 Å². The van der Waals surface area contributed by atoms with Gasteiger partial charge in [0.1, 0.15) is 12.7 Å². The van der Waals surface area contributed by atoms with Crippen molar-refractivity contribution in [3.8, 4) is 0 Å². The highest BCUT2D eigenvalue weighted by molar-refractivity contribution is 5.67. The van der Waals surface area contributed by atoms with E-state index in [4.69, 9.17) is 10.5 Å². The molecule has 0 bridgehead atoms. The molecule has 0 spiro atoms. The minimum Gasteiger partial charge on any atom is -0.445 e. The van der Waals surface area contributed by atoms with Gasteiger partial charge < -0.3 is 26.0 Å². The normalized spacial score (nSPS) is 13.6. The third-order valence-electron chi connectivity index (χ3n) is 3.99. The van der Waals surface area contributed by atoms with Crippen LogP contribution in [0.5, 0.6) is 0 Å². The number of ether oxygens (including phenoxy) is 1. The van der Waals surface area contributed by atoms with Crippen LogP contribution in [0.15, 0.2) is 48.5 Å². The van der Waals surface area contributed by atoms with Gasteiger partial charge in [0.25, 0.3) is 0 Å². The van der Waals surface area contributed by atoms with Crippen molar-refractivity contribution in [1.82, 2.24) is 5.32 Å². The molecule has 28 heavy (non-hydrogen) atoms. The van der Waals surface area contributed by atoms with Crippen LogP contribution in [-0.2, 0) is 17.5 Å². The molecule has 2 aromatic rings. The van der Waals surface area contributed by atoms with E-state index < -0.39 is 35.6 Å². The molecule has 0 heterocycles. The largest absolute Gasteiger partial charge is 0.445 e. The zero-order chi connectivity index (χ0) is 20.7. The fraction of sp³-hybridized carbons (Fsp3) is 0.316. The molecule has 152 valence electrons. The number of amides is 1. The van der Waals surface area contributed by atoms with Gasteiger partial charge in [-0.1, -0.05) is 30.3 Å². The van der Waals surface area contributed by atoms with Crippen molar-refractivity contribution in [2.75, 3.05) is 12.3 Å². The highest BCUT2D eigenvalue weighted by Gasteiger charge is 2.36. The lowest BCUT2D eigenvalue weighted by Gasteiger charge is -2.22. The van der Waals surface area contributed by atoms with E-state index >= 15 is 0 Å². The number of benzene rings is 2. The van der Waals surface area contributed by atoms with Crippen LogP contribution in [0.4, 0.5) is 23.7 Å². The second-order valence-electron chi connectivity index (χ2n) is 6.13. The van der Waals surface area contributed by atoms with Gasteiger partial charge in [0.15, 0.2) is 0 Å². The maximum Gasteiger partial charge on any atom is 0.416 e. The summed E-state index contributed by atoms with van der Waals surface area (Å²) in [5.41, 5.74) is 4.71. The predicted molar refractivity (Wildman–Crippen MR) is 96.1 cm³/mol. The van der Waals surface area contributed by atoms with Crippen molar-refractivity contribution in [1.29, 1.82) is 0 Å². The number of hydrogen-bond acceptors (Lipinski definition) is 5. The van der Waals surface area contributed by atoms with Crippen LogP contribution in [0.3, 0.4) is 0 Å². The number of nitrogens with two attached hydrogens (primary N) is 1. The molecule has 0 aliphatic heterocycles. The number of alkyl halides is 3. The van der Waals surface area contributed by atoms with Crippen molar-refractivity contribution in [2.24, 2.45) is 0 Å². The Hall–Kier alpha value is -2.78. The molecule has 2 aromatic carbocycles. The molecule has 1 amide bonds. The van der Waals surface area contributed by atoms with Crippen molar-refractivity contribution in [2.45, 2.75) is 31.4 Å². The van der Waals surface area contributed by atoms with Gasteiger partial charge in [-0.15, -0.1) is 0 Å². The van der Waals surface area contributed by atoms with Gasteiger partial charge in [-0.3, -0.25) is 0 Å². The first-order valence-electron chi connectivity index (χ1n) is 8.46. The first-order chi connectivity index (χ1) is 13.2. The van der Waals surface area contributed by atoms with Crippen molar-refractivity contribution >= 4 is 11.8 Å². The fourth-order valence-electron chi connectivity index (χ4n) is 2.55. The van der Waals surface area contributed by atoms with Crippen LogP contribution in [0, 0.1) is 0 Å². The third kappa shape index (κ3) is 6.14.